The van der Waals surface area contributed by atoms with E-state index in [4.69, 9.17) is 0 Å². The molecule has 8 nitrogen and oxygen atoms in total. The van der Waals surface area contributed by atoms with Crippen LogP contribution in [0.3, 0.4) is 0 Å². The first kappa shape index (κ1) is 19.3. The van der Waals surface area contributed by atoms with Gasteiger partial charge in [-0.25, -0.2) is 13.1 Å². The van der Waals surface area contributed by atoms with Crippen molar-refractivity contribution in [3.8, 4) is 0 Å². The van der Waals surface area contributed by atoms with Crippen molar-refractivity contribution in [3.05, 3.63) is 47.3 Å². The number of hydrogen-bond acceptors (Lipinski definition) is 6. The third-order valence-electron chi connectivity index (χ3n) is 4.01. The van der Waals surface area contributed by atoms with Crippen molar-refractivity contribution in [1.82, 2.24) is 15.4 Å². The largest absolute Gasteiger partial charge is 0.360 e. The van der Waals surface area contributed by atoms with E-state index < -0.39 is 15.9 Å². The lowest BCUT2D eigenvalue weighted by Gasteiger charge is -2.28. The van der Waals surface area contributed by atoms with Gasteiger partial charge in [0, 0.05) is 25.3 Å². The van der Waals surface area contributed by atoms with E-state index in [2.05, 4.69) is 15.4 Å². The molecule has 0 bridgehead atoms. The van der Waals surface area contributed by atoms with Crippen LogP contribution in [0.15, 0.2) is 46.0 Å². The standard InChI is InChI=1S/C17H20N4O4S2/c22-15(11-20-27(24,25)17-2-1-9-26-17)19-10-13-3-5-14(6-4-13)21-8-7-18-16(23)12-21/h1-6,9,20H,7-8,10-12H2,(H,18,23)(H,19,22). The molecule has 2 aromatic rings. The van der Waals surface area contributed by atoms with Gasteiger partial charge in [-0.1, -0.05) is 18.2 Å². The van der Waals surface area contributed by atoms with E-state index in [-0.39, 0.29) is 16.7 Å². The maximum Gasteiger partial charge on any atom is 0.250 e. The number of rotatable bonds is 7. The highest BCUT2D eigenvalue weighted by molar-refractivity contribution is 7.91. The van der Waals surface area contributed by atoms with Crippen molar-refractivity contribution in [2.24, 2.45) is 0 Å². The molecule has 1 aromatic heterocycles. The Morgan fingerprint density at radius 2 is 2.00 bits per heavy atom. The Morgan fingerprint density at radius 3 is 2.67 bits per heavy atom. The molecular weight excluding hydrogens is 388 g/mol. The number of anilines is 1. The van der Waals surface area contributed by atoms with Crippen LogP contribution < -0.4 is 20.3 Å². The normalized spacial score (nSPS) is 14.7. The molecular formula is C17H20N4O4S2. The van der Waals surface area contributed by atoms with Crippen molar-refractivity contribution in [2.45, 2.75) is 10.8 Å². The summed E-state index contributed by atoms with van der Waals surface area (Å²) in [5, 5.41) is 7.13. The molecule has 144 valence electrons. The van der Waals surface area contributed by atoms with Crippen molar-refractivity contribution in [3.63, 3.8) is 0 Å². The number of amides is 2. The number of nitrogens with zero attached hydrogens (tertiary/aromatic N) is 1. The highest BCUT2D eigenvalue weighted by Crippen LogP contribution is 2.16. The Kier molecular flexibility index (Phi) is 6.09. The van der Waals surface area contributed by atoms with Gasteiger partial charge in [-0.05, 0) is 29.1 Å². The number of nitrogens with one attached hydrogen (secondary N) is 3. The summed E-state index contributed by atoms with van der Waals surface area (Å²) in [6, 6.07) is 10.7. The maximum atomic E-state index is 12.0. The van der Waals surface area contributed by atoms with E-state index in [9.17, 15) is 18.0 Å². The second kappa shape index (κ2) is 8.51. The molecule has 1 saturated heterocycles. The quantitative estimate of drug-likeness (QED) is 0.610. The van der Waals surface area contributed by atoms with Crippen LogP contribution in [0, 0.1) is 0 Å². The molecule has 0 saturated carbocycles. The Hall–Kier alpha value is -2.43. The maximum absolute atomic E-state index is 12.0. The van der Waals surface area contributed by atoms with E-state index in [1.807, 2.05) is 29.2 Å². The Labute approximate surface area is 161 Å². The molecule has 0 aliphatic carbocycles. The summed E-state index contributed by atoms with van der Waals surface area (Å²) in [5.41, 5.74) is 1.83. The lowest BCUT2D eigenvalue weighted by molar-refractivity contribution is -0.121. The molecule has 1 aliphatic heterocycles. The van der Waals surface area contributed by atoms with Crippen molar-refractivity contribution >= 4 is 38.9 Å². The third-order valence-corrected chi connectivity index (χ3v) is 6.81. The number of thiophene rings is 1. The molecule has 0 radical (unpaired) electrons. The number of sulfonamides is 1. The Balaban J connectivity index is 1.47. The highest BCUT2D eigenvalue weighted by Gasteiger charge is 2.17. The van der Waals surface area contributed by atoms with Crippen molar-refractivity contribution in [1.29, 1.82) is 0 Å². The lowest BCUT2D eigenvalue weighted by Crippen LogP contribution is -2.47. The fraction of sp³-hybridized carbons (Fsp3) is 0.294. The number of benzene rings is 1. The van der Waals surface area contributed by atoms with Gasteiger partial charge in [-0.3, -0.25) is 9.59 Å². The van der Waals surface area contributed by atoms with Crippen LogP contribution in [-0.2, 0) is 26.2 Å². The summed E-state index contributed by atoms with van der Waals surface area (Å²) in [5.74, 6) is -0.408. The zero-order valence-electron chi connectivity index (χ0n) is 14.5. The molecule has 1 aliphatic rings. The first-order valence-electron chi connectivity index (χ1n) is 8.34. The second-order valence-corrected chi connectivity index (χ2v) is 8.91. The predicted octanol–water partition coefficient (Wildman–Crippen LogP) is 0.279. The van der Waals surface area contributed by atoms with Crippen LogP contribution in [0.25, 0.3) is 0 Å². The average molecular weight is 409 g/mol. The Morgan fingerprint density at radius 1 is 1.22 bits per heavy atom. The van der Waals surface area contributed by atoms with Crippen LogP contribution in [0.1, 0.15) is 5.56 Å². The lowest BCUT2D eigenvalue weighted by atomic mass is 10.2. The van der Waals surface area contributed by atoms with E-state index in [0.717, 1.165) is 29.1 Å². The van der Waals surface area contributed by atoms with Crippen LogP contribution in [-0.4, -0.2) is 46.4 Å². The van der Waals surface area contributed by atoms with Crippen LogP contribution >= 0.6 is 11.3 Å². The summed E-state index contributed by atoms with van der Waals surface area (Å²) < 4.78 is 26.4. The highest BCUT2D eigenvalue weighted by atomic mass is 32.2. The molecule has 3 rings (SSSR count). The smallest absolute Gasteiger partial charge is 0.250 e. The van der Waals surface area contributed by atoms with E-state index >= 15 is 0 Å². The number of carbonyl (C=O) groups is 2. The molecule has 27 heavy (non-hydrogen) atoms. The van der Waals surface area contributed by atoms with Gasteiger partial charge in [-0.2, -0.15) is 0 Å². The molecule has 1 aromatic carbocycles. The van der Waals surface area contributed by atoms with E-state index in [1.165, 1.54) is 6.07 Å². The van der Waals surface area contributed by atoms with Crippen LogP contribution in [0.4, 0.5) is 5.69 Å². The zero-order valence-corrected chi connectivity index (χ0v) is 16.1. The van der Waals surface area contributed by atoms with E-state index in [0.29, 0.717) is 19.6 Å². The summed E-state index contributed by atoms with van der Waals surface area (Å²) in [6.07, 6.45) is 0. The van der Waals surface area contributed by atoms with Gasteiger partial charge in [0.05, 0.1) is 13.1 Å². The van der Waals surface area contributed by atoms with Gasteiger partial charge < -0.3 is 15.5 Å². The summed E-state index contributed by atoms with van der Waals surface area (Å²) >= 11 is 1.09. The first-order valence-corrected chi connectivity index (χ1v) is 10.7. The second-order valence-electron chi connectivity index (χ2n) is 5.97. The SMILES string of the molecule is O=C(CNS(=O)(=O)c1cccs1)NCc1ccc(N2CCNC(=O)C2)cc1. The summed E-state index contributed by atoms with van der Waals surface area (Å²) in [4.78, 5) is 25.3. The van der Waals surface area contributed by atoms with E-state index in [1.54, 1.807) is 11.4 Å². The predicted molar refractivity (Wildman–Crippen MR) is 103 cm³/mol. The first-order chi connectivity index (χ1) is 12.9. The molecule has 2 amide bonds. The molecule has 10 heteroatoms. The monoisotopic (exact) mass is 408 g/mol. The Bertz CT molecular complexity index is 896. The third kappa shape index (κ3) is 5.28. The zero-order chi connectivity index (χ0) is 19.3. The number of carbonyl (C=O) groups excluding carboxylic acids is 2. The molecule has 0 unspecified atom stereocenters. The van der Waals surface area contributed by atoms with Gasteiger partial charge in [0.15, 0.2) is 0 Å². The van der Waals surface area contributed by atoms with Gasteiger partial charge >= 0.3 is 0 Å². The molecule has 0 spiro atoms. The van der Waals surface area contributed by atoms with Crippen LogP contribution in [0.2, 0.25) is 0 Å². The molecule has 3 N–H and O–H groups in total. The number of hydrogen-bond donors (Lipinski definition) is 3. The molecule has 0 atom stereocenters. The molecule has 2 heterocycles. The fourth-order valence-corrected chi connectivity index (χ4v) is 4.61. The average Bonchev–Trinajstić information content (AvgIpc) is 3.21. The minimum absolute atomic E-state index is 0.00240. The van der Waals surface area contributed by atoms with Gasteiger partial charge in [-0.15, -0.1) is 11.3 Å². The van der Waals surface area contributed by atoms with Crippen molar-refractivity contribution < 1.29 is 18.0 Å². The number of piperazine rings is 1. The minimum atomic E-state index is -3.65. The topological polar surface area (TPSA) is 108 Å². The van der Waals surface area contributed by atoms with Crippen molar-refractivity contribution in [2.75, 3.05) is 31.1 Å². The van der Waals surface area contributed by atoms with Crippen LogP contribution in [0.5, 0.6) is 0 Å². The van der Waals surface area contributed by atoms with Gasteiger partial charge in [0.25, 0.3) is 10.0 Å². The fourth-order valence-electron chi connectivity index (χ4n) is 2.59. The minimum Gasteiger partial charge on any atom is -0.360 e. The summed E-state index contributed by atoms with van der Waals surface area (Å²) in [6.45, 7) is 1.69. The van der Waals surface area contributed by atoms with Gasteiger partial charge in [0.1, 0.15) is 4.21 Å². The van der Waals surface area contributed by atoms with Gasteiger partial charge in [0.2, 0.25) is 11.8 Å². The molecule has 1 fully saturated rings. The summed E-state index contributed by atoms with van der Waals surface area (Å²) in [7, 11) is -3.65.